The number of ether oxygens (including phenoxy) is 1. The Kier molecular flexibility index (Phi) is 5.07. The molecule has 0 spiro atoms. The highest BCUT2D eigenvalue weighted by molar-refractivity contribution is 7.90. The molecule has 0 radical (unpaired) electrons. The van der Waals surface area contributed by atoms with E-state index in [2.05, 4.69) is 10.4 Å². The molecule has 7 nitrogen and oxygen atoms in total. The topological polar surface area (TPSA) is 90.3 Å². The highest BCUT2D eigenvalue weighted by atomic mass is 35.5. The van der Waals surface area contributed by atoms with E-state index in [4.69, 9.17) is 16.3 Å². The summed E-state index contributed by atoms with van der Waals surface area (Å²) in [7, 11) is -1.83. The van der Waals surface area contributed by atoms with E-state index in [-0.39, 0.29) is 17.1 Å². The number of sulfone groups is 1. The van der Waals surface area contributed by atoms with E-state index in [1.807, 2.05) is 32.0 Å². The van der Waals surface area contributed by atoms with Gasteiger partial charge in [-0.1, -0.05) is 23.7 Å². The molecule has 2 aromatic carbocycles. The Hall–Kier alpha value is -2.84. The number of amides is 1. The van der Waals surface area contributed by atoms with Gasteiger partial charge in [-0.3, -0.25) is 4.79 Å². The van der Waals surface area contributed by atoms with Crippen LogP contribution >= 0.6 is 11.6 Å². The highest BCUT2D eigenvalue weighted by Crippen LogP contribution is 2.35. The standard InChI is InChI=1S/C21H20ClN3O4S/c1-12-5-4-6-18(13(12)2)25-20(16-10-30(27,28)11-17(16)24-25)23-21(26)15-9-14(22)7-8-19(15)29-3/h4-9H,10-11H2,1-3H3,(H,23,26). The van der Waals surface area contributed by atoms with Crippen molar-refractivity contribution in [3.8, 4) is 11.4 Å². The zero-order valence-electron chi connectivity index (χ0n) is 16.7. The van der Waals surface area contributed by atoms with Crippen LogP contribution in [0, 0.1) is 13.8 Å². The summed E-state index contributed by atoms with van der Waals surface area (Å²) in [5, 5.41) is 7.77. The van der Waals surface area contributed by atoms with Crippen molar-refractivity contribution in [2.45, 2.75) is 25.4 Å². The van der Waals surface area contributed by atoms with Crippen LogP contribution in [0.2, 0.25) is 5.02 Å². The molecule has 9 heteroatoms. The summed E-state index contributed by atoms with van der Waals surface area (Å²) < 4.78 is 31.2. The number of nitrogens with one attached hydrogen (secondary N) is 1. The molecule has 2 heterocycles. The van der Waals surface area contributed by atoms with Crippen LogP contribution < -0.4 is 10.1 Å². The number of carbonyl (C=O) groups is 1. The molecule has 0 aliphatic carbocycles. The number of halogens is 1. The molecule has 156 valence electrons. The van der Waals surface area contributed by atoms with Crippen molar-refractivity contribution in [3.63, 3.8) is 0 Å². The van der Waals surface area contributed by atoms with Crippen molar-refractivity contribution in [2.75, 3.05) is 12.4 Å². The first-order valence-corrected chi connectivity index (χ1v) is 11.4. The number of carbonyl (C=O) groups excluding carboxylic acids is 1. The molecule has 1 aliphatic heterocycles. The van der Waals surface area contributed by atoms with E-state index in [0.717, 1.165) is 16.8 Å². The molecule has 1 amide bonds. The fraction of sp³-hybridized carbons (Fsp3) is 0.238. The lowest BCUT2D eigenvalue weighted by molar-refractivity contribution is 0.102. The first kappa shape index (κ1) is 20.4. The summed E-state index contributed by atoms with van der Waals surface area (Å²) in [6, 6.07) is 10.5. The molecular weight excluding hydrogens is 426 g/mol. The van der Waals surface area contributed by atoms with Gasteiger partial charge >= 0.3 is 0 Å². The van der Waals surface area contributed by atoms with E-state index in [9.17, 15) is 13.2 Å². The lowest BCUT2D eigenvalue weighted by Crippen LogP contribution is -2.18. The number of fused-ring (bicyclic) bond motifs is 1. The summed E-state index contributed by atoms with van der Waals surface area (Å²) in [5.74, 6) is -0.0855. The third-order valence-electron chi connectivity index (χ3n) is 5.23. The second-order valence-corrected chi connectivity index (χ2v) is 9.74. The van der Waals surface area contributed by atoms with E-state index in [1.165, 1.54) is 13.2 Å². The van der Waals surface area contributed by atoms with Gasteiger partial charge in [-0.25, -0.2) is 13.1 Å². The van der Waals surface area contributed by atoms with Gasteiger partial charge in [0.05, 0.1) is 35.6 Å². The number of rotatable bonds is 4. The number of aromatic nitrogens is 2. The Labute approximate surface area is 179 Å². The largest absolute Gasteiger partial charge is 0.496 e. The van der Waals surface area contributed by atoms with Gasteiger partial charge in [0.25, 0.3) is 5.91 Å². The zero-order chi connectivity index (χ0) is 21.6. The second kappa shape index (κ2) is 7.45. The van der Waals surface area contributed by atoms with E-state index >= 15 is 0 Å². The third-order valence-corrected chi connectivity index (χ3v) is 6.91. The van der Waals surface area contributed by atoms with Gasteiger partial charge in [0.15, 0.2) is 9.84 Å². The number of methoxy groups -OCH3 is 1. The molecule has 1 N–H and O–H groups in total. The van der Waals surface area contributed by atoms with Gasteiger partial charge in [0.1, 0.15) is 11.6 Å². The predicted octanol–water partition coefficient (Wildman–Crippen LogP) is 3.83. The van der Waals surface area contributed by atoms with Crippen molar-refractivity contribution in [3.05, 3.63) is 69.4 Å². The Bertz CT molecular complexity index is 1280. The molecule has 4 rings (SSSR count). The van der Waals surface area contributed by atoms with Gasteiger partial charge in [0, 0.05) is 10.6 Å². The lowest BCUT2D eigenvalue weighted by Gasteiger charge is -2.15. The zero-order valence-corrected chi connectivity index (χ0v) is 18.3. The summed E-state index contributed by atoms with van der Waals surface area (Å²) in [6.07, 6.45) is 0. The van der Waals surface area contributed by atoms with E-state index in [0.29, 0.717) is 27.8 Å². The summed E-state index contributed by atoms with van der Waals surface area (Å²) >= 11 is 6.06. The van der Waals surface area contributed by atoms with Gasteiger partial charge in [-0.15, -0.1) is 0 Å². The number of hydrogen-bond donors (Lipinski definition) is 1. The van der Waals surface area contributed by atoms with Gasteiger partial charge in [-0.2, -0.15) is 5.10 Å². The van der Waals surface area contributed by atoms with E-state index < -0.39 is 15.7 Å². The predicted molar refractivity (Wildman–Crippen MR) is 115 cm³/mol. The molecule has 0 atom stereocenters. The average Bonchev–Trinajstić information content (AvgIpc) is 3.16. The van der Waals surface area contributed by atoms with E-state index in [1.54, 1.807) is 16.8 Å². The van der Waals surface area contributed by atoms with Gasteiger partial charge in [0.2, 0.25) is 0 Å². The number of aryl methyl sites for hydroxylation is 1. The van der Waals surface area contributed by atoms with Crippen LogP contribution in [0.5, 0.6) is 5.75 Å². The van der Waals surface area contributed by atoms with Crippen LogP contribution in [0.1, 0.15) is 32.7 Å². The number of benzene rings is 2. The van der Waals surface area contributed by atoms with Crippen LogP contribution in [0.3, 0.4) is 0 Å². The SMILES string of the molecule is COc1ccc(Cl)cc1C(=O)Nc1c2c(nn1-c1cccc(C)c1C)CS(=O)(=O)C2. The Morgan fingerprint density at radius 2 is 1.97 bits per heavy atom. The minimum absolute atomic E-state index is 0.149. The molecule has 0 unspecified atom stereocenters. The van der Waals surface area contributed by atoms with Crippen LogP contribution in [-0.4, -0.2) is 31.2 Å². The maximum Gasteiger partial charge on any atom is 0.260 e. The summed E-state index contributed by atoms with van der Waals surface area (Å²) in [5.41, 5.74) is 4.01. The van der Waals surface area contributed by atoms with Crippen molar-refractivity contribution in [1.82, 2.24) is 9.78 Å². The Balaban J connectivity index is 1.84. The van der Waals surface area contributed by atoms with Crippen molar-refractivity contribution >= 4 is 33.2 Å². The summed E-state index contributed by atoms with van der Waals surface area (Å²) in [4.78, 5) is 13.1. The maximum absolute atomic E-state index is 13.1. The molecule has 1 aromatic heterocycles. The average molecular weight is 446 g/mol. The smallest absolute Gasteiger partial charge is 0.260 e. The number of anilines is 1. The van der Waals surface area contributed by atoms with Gasteiger partial charge < -0.3 is 10.1 Å². The second-order valence-electron chi connectivity index (χ2n) is 7.24. The Morgan fingerprint density at radius 1 is 1.20 bits per heavy atom. The van der Waals surface area contributed by atoms with Gasteiger partial charge in [-0.05, 0) is 49.2 Å². The molecule has 1 aliphatic rings. The van der Waals surface area contributed by atoms with Crippen LogP contribution in [-0.2, 0) is 21.3 Å². The summed E-state index contributed by atoms with van der Waals surface area (Å²) in [6.45, 7) is 3.94. The monoisotopic (exact) mass is 445 g/mol. The van der Waals surface area contributed by atoms with Crippen LogP contribution in [0.15, 0.2) is 36.4 Å². The molecule has 0 saturated carbocycles. The van der Waals surface area contributed by atoms with Crippen molar-refractivity contribution in [2.24, 2.45) is 0 Å². The fourth-order valence-electron chi connectivity index (χ4n) is 3.54. The van der Waals surface area contributed by atoms with Crippen molar-refractivity contribution in [1.29, 1.82) is 0 Å². The fourth-order valence-corrected chi connectivity index (χ4v) is 5.21. The maximum atomic E-state index is 13.1. The third kappa shape index (κ3) is 3.57. The Morgan fingerprint density at radius 3 is 2.70 bits per heavy atom. The molecule has 30 heavy (non-hydrogen) atoms. The minimum atomic E-state index is -3.29. The first-order chi connectivity index (χ1) is 14.2. The van der Waals surface area contributed by atoms with Crippen LogP contribution in [0.4, 0.5) is 5.82 Å². The van der Waals surface area contributed by atoms with Crippen molar-refractivity contribution < 1.29 is 17.9 Å². The molecule has 0 fully saturated rings. The molecule has 0 saturated heterocycles. The first-order valence-electron chi connectivity index (χ1n) is 9.23. The molecular formula is C21H20ClN3O4S. The normalized spacial score (nSPS) is 14.4. The minimum Gasteiger partial charge on any atom is -0.496 e. The van der Waals surface area contributed by atoms with Crippen LogP contribution in [0.25, 0.3) is 5.69 Å². The molecule has 3 aromatic rings. The highest BCUT2D eigenvalue weighted by Gasteiger charge is 2.34. The lowest BCUT2D eigenvalue weighted by atomic mass is 10.1. The number of nitrogens with zero attached hydrogens (tertiary/aromatic N) is 2. The number of hydrogen-bond acceptors (Lipinski definition) is 5. The molecule has 0 bridgehead atoms. The quantitative estimate of drug-likeness (QED) is 0.659.